The van der Waals surface area contributed by atoms with Crippen LogP contribution in [0.1, 0.15) is 19.3 Å². The Labute approximate surface area is 119 Å². The Morgan fingerprint density at radius 3 is 2.28 bits per heavy atom. The molecule has 0 bridgehead atoms. The summed E-state index contributed by atoms with van der Waals surface area (Å²) in [5, 5.41) is 14.3. The number of aromatic nitrogens is 2. The summed E-state index contributed by atoms with van der Waals surface area (Å²) in [6, 6.07) is 3.97. The van der Waals surface area contributed by atoms with E-state index in [1.807, 2.05) is 0 Å². The summed E-state index contributed by atoms with van der Waals surface area (Å²) in [7, 11) is 0. The number of anilines is 1. The summed E-state index contributed by atoms with van der Waals surface area (Å²) in [4.78, 5) is 0. The lowest BCUT2D eigenvalue weighted by atomic mass is 9.93. The van der Waals surface area contributed by atoms with Crippen LogP contribution in [0.3, 0.4) is 0 Å². The van der Waals surface area contributed by atoms with Crippen molar-refractivity contribution in [2.24, 2.45) is 0 Å². The highest BCUT2D eigenvalue weighted by Gasteiger charge is 2.19. The van der Waals surface area contributed by atoms with Crippen LogP contribution in [0.5, 0.6) is 0 Å². The zero-order valence-corrected chi connectivity index (χ0v) is 11.6. The van der Waals surface area contributed by atoms with Crippen molar-refractivity contribution in [1.82, 2.24) is 10.2 Å². The maximum atomic E-state index is 6.05. The smallest absolute Gasteiger partial charge is 0.159 e. The van der Waals surface area contributed by atoms with Crippen molar-refractivity contribution in [2.75, 3.05) is 5.32 Å². The molecule has 0 atom stereocenters. The Morgan fingerprint density at radius 1 is 1.00 bits per heavy atom. The number of nitrogens with one attached hydrogen (secondary N) is 1. The first-order valence-corrected chi connectivity index (χ1v) is 6.86. The molecule has 0 radical (unpaired) electrons. The van der Waals surface area contributed by atoms with E-state index in [1.165, 1.54) is 6.42 Å². The third kappa shape index (κ3) is 2.11. The minimum absolute atomic E-state index is 0.336. The molecule has 3 rings (SSSR count). The topological polar surface area (TPSA) is 37.8 Å². The first-order chi connectivity index (χ1) is 8.65. The van der Waals surface area contributed by atoms with Crippen LogP contribution in [0, 0.1) is 0 Å². The van der Waals surface area contributed by atoms with Crippen molar-refractivity contribution in [3.05, 3.63) is 27.3 Å². The van der Waals surface area contributed by atoms with Crippen molar-refractivity contribution < 1.29 is 0 Å². The summed E-state index contributed by atoms with van der Waals surface area (Å²) < 4.78 is 0. The van der Waals surface area contributed by atoms with Gasteiger partial charge in [-0.25, -0.2) is 0 Å². The molecule has 1 heterocycles. The molecule has 1 aromatic heterocycles. The molecule has 3 nitrogen and oxygen atoms in total. The summed E-state index contributed by atoms with van der Waals surface area (Å²) in [6.45, 7) is 0. The van der Waals surface area contributed by atoms with E-state index in [0.29, 0.717) is 21.2 Å². The summed E-state index contributed by atoms with van der Waals surface area (Å²) in [6.07, 6.45) is 3.57. The number of hydrogen-bond donors (Lipinski definition) is 1. The van der Waals surface area contributed by atoms with Gasteiger partial charge in [-0.05, 0) is 31.4 Å². The Balaban J connectivity index is 2.13. The molecule has 94 valence electrons. The molecular weight excluding hydrogens is 293 g/mol. The van der Waals surface area contributed by atoms with E-state index in [4.69, 9.17) is 34.8 Å². The van der Waals surface area contributed by atoms with Gasteiger partial charge in [0.05, 0.1) is 10.0 Å². The highest BCUT2D eigenvalue weighted by atomic mass is 35.5. The van der Waals surface area contributed by atoms with Crippen molar-refractivity contribution >= 4 is 51.4 Å². The minimum atomic E-state index is 0.336. The highest BCUT2D eigenvalue weighted by molar-refractivity contribution is 6.43. The van der Waals surface area contributed by atoms with Crippen LogP contribution < -0.4 is 5.32 Å². The Hall–Kier alpha value is -0.770. The lowest BCUT2D eigenvalue weighted by molar-refractivity contribution is 0.444. The average Bonchev–Trinajstić information content (AvgIpc) is 2.29. The maximum Gasteiger partial charge on any atom is 0.159 e. The molecule has 1 N–H and O–H groups in total. The van der Waals surface area contributed by atoms with E-state index < -0.39 is 0 Å². The molecule has 6 heteroatoms. The number of fused-ring (bicyclic) bond motifs is 1. The normalized spacial score (nSPS) is 15.7. The number of hydrogen-bond acceptors (Lipinski definition) is 3. The van der Waals surface area contributed by atoms with E-state index in [2.05, 4.69) is 15.5 Å². The van der Waals surface area contributed by atoms with Gasteiger partial charge in [0, 0.05) is 16.8 Å². The third-order valence-electron chi connectivity index (χ3n) is 3.22. The van der Waals surface area contributed by atoms with Gasteiger partial charge >= 0.3 is 0 Å². The predicted molar refractivity (Wildman–Crippen MR) is 75.8 cm³/mol. The van der Waals surface area contributed by atoms with Crippen LogP contribution in [0.25, 0.3) is 10.8 Å². The van der Waals surface area contributed by atoms with E-state index >= 15 is 0 Å². The molecule has 2 aromatic rings. The van der Waals surface area contributed by atoms with Crippen LogP contribution >= 0.6 is 34.8 Å². The van der Waals surface area contributed by atoms with Crippen molar-refractivity contribution in [2.45, 2.75) is 25.3 Å². The van der Waals surface area contributed by atoms with Gasteiger partial charge in [-0.2, -0.15) is 0 Å². The van der Waals surface area contributed by atoms with Gasteiger partial charge in [0.15, 0.2) is 11.0 Å². The molecular formula is C12H10Cl3N3. The van der Waals surface area contributed by atoms with Gasteiger partial charge in [-0.15, -0.1) is 10.2 Å². The fourth-order valence-corrected chi connectivity index (χ4v) is 2.49. The maximum absolute atomic E-state index is 6.05. The fourth-order valence-electron chi connectivity index (χ4n) is 1.97. The first-order valence-electron chi connectivity index (χ1n) is 5.72. The van der Waals surface area contributed by atoms with E-state index in [1.54, 1.807) is 12.1 Å². The second-order valence-corrected chi connectivity index (χ2v) is 5.60. The van der Waals surface area contributed by atoms with Crippen molar-refractivity contribution in [3.8, 4) is 0 Å². The largest absolute Gasteiger partial charge is 0.365 e. The van der Waals surface area contributed by atoms with Gasteiger partial charge in [0.1, 0.15) is 0 Å². The standard InChI is InChI=1S/C12H10Cl3N3/c13-9-4-7-8(5-10(9)14)12(18-17-11(7)15)16-6-2-1-3-6/h4-6H,1-3H2,(H,16,18). The second kappa shape index (κ2) is 4.72. The number of rotatable bonds is 2. The number of benzene rings is 1. The molecule has 1 aromatic carbocycles. The summed E-state index contributed by atoms with van der Waals surface area (Å²) >= 11 is 18.1. The fraction of sp³-hybridized carbons (Fsp3) is 0.333. The lowest BCUT2D eigenvalue weighted by Gasteiger charge is -2.27. The molecule has 1 aliphatic rings. The highest BCUT2D eigenvalue weighted by Crippen LogP contribution is 2.34. The quantitative estimate of drug-likeness (QED) is 0.884. The van der Waals surface area contributed by atoms with Crippen LogP contribution in [-0.2, 0) is 0 Å². The molecule has 0 amide bonds. The van der Waals surface area contributed by atoms with Crippen LogP contribution in [0.4, 0.5) is 5.82 Å². The van der Waals surface area contributed by atoms with Crippen molar-refractivity contribution in [1.29, 1.82) is 0 Å². The van der Waals surface area contributed by atoms with Gasteiger partial charge < -0.3 is 5.32 Å². The van der Waals surface area contributed by atoms with Gasteiger partial charge in [-0.3, -0.25) is 0 Å². The van der Waals surface area contributed by atoms with Crippen LogP contribution in [0.2, 0.25) is 15.2 Å². The van der Waals surface area contributed by atoms with Crippen LogP contribution in [-0.4, -0.2) is 16.2 Å². The molecule has 1 aliphatic carbocycles. The van der Waals surface area contributed by atoms with Gasteiger partial charge in [-0.1, -0.05) is 34.8 Å². The zero-order chi connectivity index (χ0) is 12.7. The first kappa shape index (κ1) is 12.3. The average molecular weight is 303 g/mol. The number of halogens is 3. The van der Waals surface area contributed by atoms with E-state index in [9.17, 15) is 0 Å². The molecule has 18 heavy (non-hydrogen) atoms. The molecule has 0 spiro atoms. The van der Waals surface area contributed by atoms with Gasteiger partial charge in [0.2, 0.25) is 0 Å². The lowest BCUT2D eigenvalue weighted by Crippen LogP contribution is -2.27. The Morgan fingerprint density at radius 2 is 1.67 bits per heavy atom. The van der Waals surface area contributed by atoms with Gasteiger partial charge in [0.25, 0.3) is 0 Å². The van der Waals surface area contributed by atoms with Crippen molar-refractivity contribution in [3.63, 3.8) is 0 Å². The third-order valence-corrected chi connectivity index (χ3v) is 4.22. The molecule has 0 saturated heterocycles. The van der Waals surface area contributed by atoms with E-state index in [0.717, 1.165) is 29.4 Å². The Bertz CT molecular complexity index is 611. The minimum Gasteiger partial charge on any atom is -0.365 e. The van der Waals surface area contributed by atoms with E-state index in [-0.39, 0.29) is 0 Å². The zero-order valence-electron chi connectivity index (χ0n) is 9.38. The summed E-state index contributed by atoms with van der Waals surface area (Å²) in [5.41, 5.74) is 0. The Kier molecular flexibility index (Phi) is 3.22. The molecule has 1 saturated carbocycles. The molecule has 0 aliphatic heterocycles. The number of nitrogens with zero attached hydrogens (tertiary/aromatic N) is 2. The SMILES string of the molecule is Clc1cc2c(Cl)nnc(NC3CCC3)c2cc1Cl. The molecule has 1 fully saturated rings. The predicted octanol–water partition coefficient (Wildman–Crippen LogP) is 4.55. The molecule has 0 unspecified atom stereocenters. The summed E-state index contributed by atoms with van der Waals surface area (Å²) in [5.74, 6) is 0.720. The second-order valence-electron chi connectivity index (χ2n) is 4.42. The van der Waals surface area contributed by atoms with Crippen LogP contribution in [0.15, 0.2) is 12.1 Å². The monoisotopic (exact) mass is 301 g/mol.